The predicted molar refractivity (Wildman–Crippen MR) is 97.0 cm³/mol. The number of fused-ring (bicyclic) bond motifs is 1. The fraction of sp³-hybridized carbons (Fsp3) is 0.222. The Bertz CT molecular complexity index is 866. The highest BCUT2D eigenvalue weighted by atomic mass is 32.1. The average molecular weight is 339 g/mol. The summed E-state index contributed by atoms with van der Waals surface area (Å²) in [5.74, 6) is -0.0929. The largest absolute Gasteiger partial charge is 0.378 e. The number of hydrogen-bond donors (Lipinski definition) is 1. The van der Waals surface area contributed by atoms with Crippen LogP contribution < -0.4 is 10.2 Å². The number of benzene rings is 1. The number of ether oxygens (including phenoxy) is 1. The van der Waals surface area contributed by atoms with Crippen molar-refractivity contribution in [1.82, 2.24) is 4.98 Å². The Labute approximate surface area is 143 Å². The fourth-order valence-corrected chi connectivity index (χ4v) is 3.72. The van der Waals surface area contributed by atoms with E-state index in [1.165, 1.54) is 11.3 Å². The molecule has 1 aliphatic rings. The van der Waals surface area contributed by atoms with Gasteiger partial charge in [0, 0.05) is 24.7 Å². The second kappa shape index (κ2) is 6.59. The molecule has 1 saturated heterocycles. The van der Waals surface area contributed by atoms with Crippen LogP contribution in [-0.4, -0.2) is 37.2 Å². The van der Waals surface area contributed by atoms with E-state index in [1.54, 1.807) is 6.20 Å². The first kappa shape index (κ1) is 15.1. The highest BCUT2D eigenvalue weighted by Crippen LogP contribution is 2.29. The van der Waals surface area contributed by atoms with Crippen molar-refractivity contribution in [2.45, 2.75) is 0 Å². The second-order valence-corrected chi connectivity index (χ2v) is 6.49. The number of carbonyl (C=O) groups is 1. The normalized spacial score (nSPS) is 14.8. The minimum absolute atomic E-state index is 0.0929. The number of anilines is 2. The van der Waals surface area contributed by atoms with Crippen molar-refractivity contribution in [1.29, 1.82) is 0 Å². The molecule has 1 N–H and O–H groups in total. The van der Waals surface area contributed by atoms with Gasteiger partial charge < -0.3 is 15.0 Å². The van der Waals surface area contributed by atoms with Gasteiger partial charge in [0.25, 0.3) is 5.91 Å². The summed E-state index contributed by atoms with van der Waals surface area (Å²) in [6.07, 6.45) is 1.74. The van der Waals surface area contributed by atoms with Gasteiger partial charge in [0.15, 0.2) is 0 Å². The standard InChI is InChI=1S/C18H17N3O2S/c22-18(17-15(6-12-24-17)21-8-10-23-11-9-21)20-14-5-1-3-13-4-2-7-19-16(13)14/h1-7,12H,8-11H2,(H,20,22). The van der Waals surface area contributed by atoms with E-state index < -0.39 is 0 Å². The quantitative estimate of drug-likeness (QED) is 0.795. The Kier molecular flexibility index (Phi) is 4.15. The minimum atomic E-state index is -0.0929. The number of rotatable bonds is 3. The second-order valence-electron chi connectivity index (χ2n) is 5.57. The number of carbonyl (C=O) groups excluding carboxylic acids is 1. The van der Waals surface area contributed by atoms with Gasteiger partial charge in [-0.15, -0.1) is 11.3 Å². The first-order valence-electron chi connectivity index (χ1n) is 7.88. The van der Waals surface area contributed by atoms with Gasteiger partial charge in [0.05, 0.1) is 30.1 Å². The third-order valence-electron chi connectivity index (χ3n) is 4.08. The number of nitrogens with zero attached hydrogens (tertiary/aromatic N) is 2. The maximum absolute atomic E-state index is 12.8. The van der Waals surface area contributed by atoms with Crippen LogP contribution in [0.5, 0.6) is 0 Å². The first-order chi connectivity index (χ1) is 11.8. The molecule has 1 aromatic carbocycles. The van der Waals surface area contributed by atoms with E-state index in [2.05, 4.69) is 15.2 Å². The van der Waals surface area contributed by atoms with Crippen LogP contribution in [0.2, 0.25) is 0 Å². The van der Waals surface area contributed by atoms with Crippen molar-refractivity contribution in [2.24, 2.45) is 0 Å². The molecule has 1 amide bonds. The maximum atomic E-state index is 12.8. The number of pyridine rings is 1. The van der Waals surface area contributed by atoms with Crippen LogP contribution in [0.1, 0.15) is 9.67 Å². The van der Waals surface area contributed by atoms with Crippen molar-refractivity contribution in [2.75, 3.05) is 36.5 Å². The van der Waals surface area contributed by atoms with E-state index in [-0.39, 0.29) is 5.91 Å². The summed E-state index contributed by atoms with van der Waals surface area (Å²) in [5.41, 5.74) is 2.52. The van der Waals surface area contributed by atoms with E-state index in [0.29, 0.717) is 13.2 Å². The van der Waals surface area contributed by atoms with Crippen molar-refractivity contribution in [3.05, 3.63) is 52.9 Å². The molecule has 4 rings (SSSR count). The van der Waals surface area contributed by atoms with E-state index >= 15 is 0 Å². The average Bonchev–Trinajstić information content (AvgIpc) is 3.13. The minimum Gasteiger partial charge on any atom is -0.378 e. The maximum Gasteiger partial charge on any atom is 0.267 e. The molecule has 0 atom stereocenters. The lowest BCUT2D eigenvalue weighted by atomic mass is 10.2. The zero-order valence-electron chi connectivity index (χ0n) is 13.1. The molecule has 24 heavy (non-hydrogen) atoms. The summed E-state index contributed by atoms with van der Waals surface area (Å²) < 4.78 is 5.39. The molecule has 1 fully saturated rings. The van der Waals surface area contributed by atoms with Gasteiger partial charge in [0.2, 0.25) is 0 Å². The summed E-state index contributed by atoms with van der Waals surface area (Å²) in [6.45, 7) is 3.02. The van der Waals surface area contributed by atoms with Crippen LogP contribution in [0.3, 0.4) is 0 Å². The zero-order chi connectivity index (χ0) is 16.4. The molecule has 3 heterocycles. The van der Waals surface area contributed by atoms with Crippen molar-refractivity contribution in [3.8, 4) is 0 Å². The third-order valence-corrected chi connectivity index (χ3v) is 4.99. The number of amides is 1. The predicted octanol–water partition coefficient (Wildman–Crippen LogP) is 3.39. The molecule has 6 heteroatoms. The van der Waals surface area contributed by atoms with Crippen LogP contribution in [0.15, 0.2) is 48.0 Å². The van der Waals surface area contributed by atoms with Crippen LogP contribution in [0, 0.1) is 0 Å². The molecule has 0 spiro atoms. The number of thiophene rings is 1. The van der Waals surface area contributed by atoms with Gasteiger partial charge in [0.1, 0.15) is 4.88 Å². The topological polar surface area (TPSA) is 54.5 Å². The summed E-state index contributed by atoms with van der Waals surface area (Å²) >= 11 is 1.46. The van der Waals surface area contributed by atoms with Crippen LogP contribution in [-0.2, 0) is 4.74 Å². The van der Waals surface area contributed by atoms with E-state index in [1.807, 2.05) is 41.8 Å². The Balaban J connectivity index is 1.62. The molecular weight excluding hydrogens is 322 g/mol. The number of nitrogens with one attached hydrogen (secondary N) is 1. The van der Waals surface area contributed by atoms with Gasteiger partial charge >= 0.3 is 0 Å². The molecule has 5 nitrogen and oxygen atoms in total. The summed E-state index contributed by atoms with van der Waals surface area (Å²) in [4.78, 5) is 20.1. The van der Waals surface area contributed by atoms with Crippen LogP contribution in [0.25, 0.3) is 10.9 Å². The van der Waals surface area contributed by atoms with Crippen molar-refractivity contribution >= 4 is 39.5 Å². The molecular formula is C18H17N3O2S. The highest BCUT2D eigenvalue weighted by Gasteiger charge is 2.20. The molecule has 122 valence electrons. The molecule has 3 aromatic rings. The molecule has 0 bridgehead atoms. The van der Waals surface area contributed by atoms with E-state index in [0.717, 1.165) is 40.2 Å². The molecule has 0 aliphatic carbocycles. The van der Waals surface area contributed by atoms with Crippen molar-refractivity contribution < 1.29 is 9.53 Å². The van der Waals surface area contributed by atoms with Gasteiger partial charge in [-0.3, -0.25) is 9.78 Å². The summed E-state index contributed by atoms with van der Waals surface area (Å²) in [5, 5.41) is 5.99. The number of aromatic nitrogens is 1. The Morgan fingerprint density at radius 2 is 2.00 bits per heavy atom. The molecule has 2 aromatic heterocycles. The molecule has 1 aliphatic heterocycles. The lowest BCUT2D eigenvalue weighted by molar-refractivity contribution is 0.102. The van der Waals surface area contributed by atoms with Crippen molar-refractivity contribution in [3.63, 3.8) is 0 Å². The SMILES string of the molecule is O=C(Nc1cccc2cccnc12)c1sccc1N1CCOCC1. The molecule has 0 saturated carbocycles. The van der Waals surface area contributed by atoms with E-state index in [9.17, 15) is 4.79 Å². The number of hydrogen-bond acceptors (Lipinski definition) is 5. The summed E-state index contributed by atoms with van der Waals surface area (Å²) in [7, 11) is 0. The number of para-hydroxylation sites is 1. The Morgan fingerprint density at radius 3 is 2.88 bits per heavy atom. The lowest BCUT2D eigenvalue weighted by Crippen LogP contribution is -2.36. The molecule has 0 radical (unpaired) electrons. The van der Waals surface area contributed by atoms with Crippen LogP contribution >= 0.6 is 11.3 Å². The van der Waals surface area contributed by atoms with E-state index in [4.69, 9.17) is 4.74 Å². The number of morpholine rings is 1. The Hall–Kier alpha value is -2.44. The fourth-order valence-electron chi connectivity index (χ4n) is 2.91. The zero-order valence-corrected chi connectivity index (χ0v) is 13.9. The highest BCUT2D eigenvalue weighted by molar-refractivity contribution is 7.12. The van der Waals surface area contributed by atoms with Gasteiger partial charge in [-0.05, 0) is 23.6 Å². The van der Waals surface area contributed by atoms with Gasteiger partial charge in [-0.25, -0.2) is 0 Å². The smallest absolute Gasteiger partial charge is 0.267 e. The summed E-state index contributed by atoms with van der Waals surface area (Å²) in [6, 6.07) is 11.7. The molecule has 0 unspecified atom stereocenters. The monoisotopic (exact) mass is 339 g/mol. The third kappa shape index (κ3) is 2.86. The first-order valence-corrected chi connectivity index (χ1v) is 8.76. The Morgan fingerprint density at radius 1 is 1.17 bits per heavy atom. The lowest BCUT2D eigenvalue weighted by Gasteiger charge is -2.28. The van der Waals surface area contributed by atoms with Gasteiger partial charge in [-0.2, -0.15) is 0 Å². The van der Waals surface area contributed by atoms with Gasteiger partial charge in [-0.1, -0.05) is 18.2 Å². The van der Waals surface area contributed by atoms with Crippen LogP contribution in [0.4, 0.5) is 11.4 Å².